The standard InChI is InChI=1S/C12H18S/c1-5-10(2)11-6-8-12(9-7-11)13(3)4/h3,6-10,13H,5H2,1-2,4H3. The van der Waals surface area contributed by atoms with Crippen LogP contribution in [0.1, 0.15) is 31.7 Å². The van der Waals surface area contributed by atoms with Crippen LogP contribution in [0.25, 0.3) is 0 Å². The molecule has 0 saturated heterocycles. The molecule has 1 aromatic rings. The highest BCUT2D eigenvalue weighted by Gasteiger charge is 2.01. The molecule has 1 aromatic carbocycles. The summed E-state index contributed by atoms with van der Waals surface area (Å²) in [7, 11) is -0.432. The Morgan fingerprint density at radius 3 is 2.23 bits per heavy atom. The summed E-state index contributed by atoms with van der Waals surface area (Å²) in [6, 6.07) is 8.73. The third-order valence-corrected chi connectivity index (χ3v) is 3.59. The second kappa shape index (κ2) is 4.55. The molecule has 72 valence electrons. The van der Waals surface area contributed by atoms with Crippen molar-refractivity contribution < 1.29 is 0 Å². The first-order chi connectivity index (χ1) is 6.15. The van der Waals surface area contributed by atoms with Crippen molar-refractivity contribution in [3.05, 3.63) is 29.8 Å². The molecule has 0 saturated carbocycles. The van der Waals surface area contributed by atoms with Crippen LogP contribution in [0.2, 0.25) is 0 Å². The quantitative estimate of drug-likeness (QED) is 0.681. The second-order valence-electron chi connectivity index (χ2n) is 3.51. The summed E-state index contributed by atoms with van der Waals surface area (Å²) in [5.41, 5.74) is 7.26. The van der Waals surface area contributed by atoms with E-state index in [0.29, 0.717) is 5.92 Å². The van der Waals surface area contributed by atoms with Gasteiger partial charge >= 0.3 is 0 Å². The summed E-state index contributed by atoms with van der Waals surface area (Å²) in [6.07, 6.45) is 3.27. The number of rotatable bonds is 2. The Bertz CT molecular complexity index is 326. The van der Waals surface area contributed by atoms with Gasteiger partial charge in [0.1, 0.15) is 0 Å². The molecule has 0 aliphatic heterocycles. The minimum atomic E-state index is -0.432. The molecule has 0 heterocycles. The van der Waals surface area contributed by atoms with Crippen molar-refractivity contribution in [3.63, 3.8) is 0 Å². The van der Waals surface area contributed by atoms with Crippen molar-refractivity contribution in [2.24, 2.45) is 0 Å². The maximum Gasteiger partial charge on any atom is -0.00336 e. The van der Waals surface area contributed by atoms with Crippen LogP contribution in [-0.2, 0) is 0 Å². The maximum absolute atomic E-state index is 5.84. The highest BCUT2D eigenvalue weighted by atomic mass is 32.2. The fraction of sp³-hybridized carbons (Fsp3) is 0.417. The Labute approximate surface area is 83.6 Å². The summed E-state index contributed by atoms with van der Waals surface area (Å²) in [4.78, 5) is 1.28. The van der Waals surface area contributed by atoms with Gasteiger partial charge in [-0.05, 0) is 41.2 Å². The molecule has 0 spiro atoms. The molecule has 2 unspecified atom stereocenters. The lowest BCUT2D eigenvalue weighted by Gasteiger charge is -2.09. The fourth-order valence-electron chi connectivity index (χ4n) is 1.27. The van der Waals surface area contributed by atoms with Crippen LogP contribution in [0, 0.1) is 5.69 Å². The van der Waals surface area contributed by atoms with Crippen molar-refractivity contribution in [3.8, 4) is 5.69 Å². The van der Waals surface area contributed by atoms with Crippen LogP contribution in [0.15, 0.2) is 29.2 Å². The lowest BCUT2D eigenvalue weighted by molar-refractivity contribution is 0.733. The molecule has 0 fully saturated rings. The first kappa shape index (κ1) is 10.4. The van der Waals surface area contributed by atoms with Gasteiger partial charge in [0.2, 0.25) is 0 Å². The van der Waals surface area contributed by atoms with Crippen molar-refractivity contribution in [2.75, 3.05) is 6.26 Å². The van der Waals surface area contributed by atoms with E-state index in [1.807, 2.05) is 0 Å². The van der Waals surface area contributed by atoms with Gasteiger partial charge in [-0.1, -0.05) is 26.0 Å². The zero-order valence-corrected chi connectivity index (χ0v) is 9.51. The lowest BCUT2D eigenvalue weighted by atomic mass is 9.99. The van der Waals surface area contributed by atoms with Crippen molar-refractivity contribution in [1.82, 2.24) is 0 Å². The number of hydrogen-bond donors (Lipinski definition) is 1. The third kappa shape index (κ3) is 2.65. The SMILES string of the molecule is C#[SH](C)c1ccc(C(C)CC)cc1. The molecule has 13 heavy (non-hydrogen) atoms. The summed E-state index contributed by atoms with van der Waals surface area (Å²) in [5, 5.41) is 0. The summed E-state index contributed by atoms with van der Waals surface area (Å²) < 4.78 is 0. The van der Waals surface area contributed by atoms with Gasteiger partial charge in [0.05, 0.1) is 0 Å². The Morgan fingerprint density at radius 2 is 1.85 bits per heavy atom. The topological polar surface area (TPSA) is 0 Å². The Balaban J connectivity index is 2.89. The van der Waals surface area contributed by atoms with E-state index in [-0.39, 0.29) is 0 Å². The van der Waals surface area contributed by atoms with Gasteiger partial charge < -0.3 is 0 Å². The average Bonchev–Trinajstić information content (AvgIpc) is 2.17. The molecule has 0 aliphatic rings. The molecule has 0 aliphatic carbocycles. The number of thiol groups is 1. The van der Waals surface area contributed by atoms with Crippen LogP contribution in [0.3, 0.4) is 0 Å². The average molecular weight is 194 g/mol. The van der Waals surface area contributed by atoms with Crippen LogP contribution in [0.5, 0.6) is 0 Å². The van der Waals surface area contributed by atoms with E-state index >= 15 is 0 Å². The maximum atomic E-state index is 5.84. The predicted molar refractivity (Wildman–Crippen MR) is 63.3 cm³/mol. The van der Waals surface area contributed by atoms with Crippen molar-refractivity contribution in [1.29, 1.82) is 0 Å². The van der Waals surface area contributed by atoms with E-state index in [0.717, 1.165) is 0 Å². The van der Waals surface area contributed by atoms with Gasteiger partial charge in [-0.3, -0.25) is 0 Å². The van der Waals surface area contributed by atoms with Crippen LogP contribution >= 0.6 is 10.3 Å². The Hall–Kier alpha value is -0.650. The van der Waals surface area contributed by atoms with Gasteiger partial charge in [0, 0.05) is 0 Å². The molecule has 1 heteroatoms. The minimum absolute atomic E-state index is 0.432. The van der Waals surface area contributed by atoms with Gasteiger partial charge in [0.25, 0.3) is 0 Å². The van der Waals surface area contributed by atoms with Crippen molar-refractivity contribution >= 4 is 10.3 Å². The van der Waals surface area contributed by atoms with Crippen LogP contribution in [0.4, 0.5) is 0 Å². The van der Waals surface area contributed by atoms with Gasteiger partial charge in [-0.25, -0.2) is 0 Å². The van der Waals surface area contributed by atoms with Crippen molar-refractivity contribution in [2.45, 2.75) is 31.1 Å². The van der Waals surface area contributed by atoms with Crippen LogP contribution < -0.4 is 0 Å². The Morgan fingerprint density at radius 1 is 1.31 bits per heavy atom. The molecule has 2 atom stereocenters. The molecule has 0 amide bonds. The van der Waals surface area contributed by atoms with E-state index in [9.17, 15) is 0 Å². The number of benzene rings is 1. The molecular weight excluding hydrogens is 176 g/mol. The van der Waals surface area contributed by atoms with E-state index in [2.05, 4.69) is 44.4 Å². The molecule has 0 N–H and O–H groups in total. The second-order valence-corrected chi connectivity index (χ2v) is 5.25. The monoisotopic (exact) mass is 194 g/mol. The highest BCUT2D eigenvalue weighted by Crippen LogP contribution is 2.23. The zero-order chi connectivity index (χ0) is 9.84. The van der Waals surface area contributed by atoms with E-state index < -0.39 is 10.3 Å². The Kier molecular flexibility index (Phi) is 3.65. The first-order valence-electron chi connectivity index (χ1n) is 4.73. The highest BCUT2D eigenvalue weighted by molar-refractivity contribution is 8.06. The van der Waals surface area contributed by atoms with Gasteiger partial charge in [-0.2, -0.15) is 10.3 Å². The molecule has 1 rings (SSSR count). The summed E-state index contributed by atoms with van der Waals surface area (Å²) in [5.74, 6) is 0.662. The molecule has 0 radical (unpaired) electrons. The number of hydrogen-bond acceptors (Lipinski definition) is 0. The van der Waals surface area contributed by atoms with E-state index in [1.165, 1.54) is 16.9 Å². The molecule has 0 aromatic heterocycles. The lowest BCUT2D eigenvalue weighted by Crippen LogP contribution is -1.89. The molecular formula is C12H18S. The summed E-state index contributed by atoms with van der Waals surface area (Å²) in [6.45, 7) is 4.47. The minimum Gasteiger partial charge on any atom is -0.180 e. The zero-order valence-electron chi connectivity index (χ0n) is 8.62. The third-order valence-electron chi connectivity index (χ3n) is 2.48. The van der Waals surface area contributed by atoms with Gasteiger partial charge in [-0.15, -0.1) is 5.69 Å². The first-order valence-corrected chi connectivity index (χ1v) is 6.59. The predicted octanol–water partition coefficient (Wildman–Crippen LogP) is 3.78. The normalized spacial score (nSPS) is 15.2. The van der Waals surface area contributed by atoms with Crippen LogP contribution in [-0.4, -0.2) is 6.26 Å². The molecule has 0 bridgehead atoms. The van der Waals surface area contributed by atoms with Gasteiger partial charge in [0.15, 0.2) is 0 Å². The van der Waals surface area contributed by atoms with E-state index in [4.69, 9.17) is 5.69 Å². The largest absolute Gasteiger partial charge is 0.180 e. The van der Waals surface area contributed by atoms with E-state index in [1.54, 1.807) is 0 Å². The molecule has 0 nitrogen and oxygen atoms in total. The fourth-order valence-corrected chi connectivity index (χ4v) is 1.89. The smallest absolute Gasteiger partial charge is 0.00336 e. The summed E-state index contributed by atoms with van der Waals surface area (Å²) >= 11 is 0.